The van der Waals surface area contributed by atoms with Crippen LogP contribution in [-0.2, 0) is 16.4 Å². The molecule has 1 atom stereocenters. The van der Waals surface area contributed by atoms with Crippen LogP contribution in [0.15, 0.2) is 59.1 Å². The lowest BCUT2D eigenvalue weighted by molar-refractivity contribution is 0.0670. The maximum atomic E-state index is 13.4. The maximum Gasteiger partial charge on any atom is 0.276 e. The number of benzene rings is 2. The van der Waals surface area contributed by atoms with Crippen LogP contribution in [0, 0.1) is 0 Å². The number of carbonyl (C=O) groups is 1. The zero-order valence-electron chi connectivity index (χ0n) is 17.9. The van der Waals surface area contributed by atoms with Gasteiger partial charge in [-0.2, -0.15) is 0 Å². The second-order valence-electron chi connectivity index (χ2n) is 7.64. The number of aromatic nitrogens is 1. The highest BCUT2D eigenvalue weighted by Gasteiger charge is 2.36. The molecule has 1 aliphatic rings. The summed E-state index contributed by atoms with van der Waals surface area (Å²) in [6.07, 6.45) is 0.396. The Morgan fingerprint density at radius 2 is 1.69 bits per heavy atom. The standard InChI is InChI=1S/C23H24N2O6S/c1-29-19-7-3-16(4-8-19)14-25(18-11-12-32(27,28)15-18)23(26)21-13-22(31-24-21)17-5-9-20(30-2)10-6-17/h3-10,13,18H,11-12,14-15H2,1-2H3/t18-/m0/s1. The Balaban J connectivity index is 1.59. The minimum absolute atomic E-state index is 0.0575. The van der Waals surface area contributed by atoms with E-state index in [4.69, 9.17) is 14.0 Å². The highest BCUT2D eigenvalue weighted by atomic mass is 32.2. The molecule has 168 valence electrons. The van der Waals surface area contributed by atoms with Crippen LogP contribution in [-0.4, -0.2) is 56.1 Å². The highest BCUT2D eigenvalue weighted by molar-refractivity contribution is 7.91. The summed E-state index contributed by atoms with van der Waals surface area (Å²) in [5.41, 5.74) is 1.75. The van der Waals surface area contributed by atoms with Crippen LogP contribution in [0.4, 0.5) is 0 Å². The van der Waals surface area contributed by atoms with Crippen molar-refractivity contribution in [1.29, 1.82) is 0 Å². The number of methoxy groups -OCH3 is 2. The van der Waals surface area contributed by atoms with Crippen LogP contribution in [0.1, 0.15) is 22.5 Å². The zero-order valence-corrected chi connectivity index (χ0v) is 18.7. The molecule has 32 heavy (non-hydrogen) atoms. The predicted octanol–water partition coefficient (Wildman–Crippen LogP) is 3.19. The monoisotopic (exact) mass is 456 g/mol. The molecule has 0 radical (unpaired) electrons. The molecule has 1 aromatic heterocycles. The number of sulfone groups is 1. The number of hydrogen-bond acceptors (Lipinski definition) is 7. The third kappa shape index (κ3) is 4.77. The average molecular weight is 457 g/mol. The van der Waals surface area contributed by atoms with E-state index in [1.165, 1.54) is 0 Å². The van der Waals surface area contributed by atoms with Gasteiger partial charge in [-0.15, -0.1) is 0 Å². The Hall–Kier alpha value is -3.33. The van der Waals surface area contributed by atoms with E-state index in [2.05, 4.69) is 5.16 Å². The van der Waals surface area contributed by atoms with Gasteiger partial charge in [0.15, 0.2) is 21.3 Å². The molecule has 0 unspecified atom stereocenters. The predicted molar refractivity (Wildman–Crippen MR) is 118 cm³/mol. The first kappa shape index (κ1) is 21.9. The van der Waals surface area contributed by atoms with Gasteiger partial charge < -0.3 is 18.9 Å². The number of rotatable bonds is 7. The minimum Gasteiger partial charge on any atom is -0.497 e. The van der Waals surface area contributed by atoms with Gasteiger partial charge in [0.1, 0.15) is 11.5 Å². The first-order valence-corrected chi connectivity index (χ1v) is 12.0. The van der Waals surface area contributed by atoms with Crippen LogP contribution in [0.2, 0.25) is 0 Å². The fourth-order valence-corrected chi connectivity index (χ4v) is 5.46. The van der Waals surface area contributed by atoms with Gasteiger partial charge in [0, 0.05) is 24.2 Å². The molecule has 4 rings (SSSR count). The van der Waals surface area contributed by atoms with Gasteiger partial charge in [-0.05, 0) is 48.4 Å². The lowest BCUT2D eigenvalue weighted by Crippen LogP contribution is -2.40. The van der Waals surface area contributed by atoms with Gasteiger partial charge in [0.25, 0.3) is 5.91 Å². The summed E-state index contributed by atoms with van der Waals surface area (Å²) in [5.74, 6) is 1.50. The normalized spacial score (nSPS) is 17.1. The lowest BCUT2D eigenvalue weighted by atomic mass is 10.1. The molecule has 1 amide bonds. The van der Waals surface area contributed by atoms with Crippen molar-refractivity contribution in [3.63, 3.8) is 0 Å². The van der Waals surface area contributed by atoms with Crippen LogP contribution in [0.5, 0.6) is 11.5 Å². The number of nitrogens with zero attached hydrogens (tertiary/aromatic N) is 2. The number of ether oxygens (including phenoxy) is 2. The van der Waals surface area contributed by atoms with Crippen LogP contribution < -0.4 is 9.47 Å². The smallest absolute Gasteiger partial charge is 0.276 e. The molecule has 2 heterocycles. The highest BCUT2D eigenvalue weighted by Crippen LogP contribution is 2.26. The van der Waals surface area contributed by atoms with E-state index in [-0.39, 0.29) is 29.7 Å². The summed E-state index contributed by atoms with van der Waals surface area (Å²) >= 11 is 0. The Morgan fingerprint density at radius 1 is 1.06 bits per heavy atom. The third-order valence-electron chi connectivity index (χ3n) is 5.53. The van der Waals surface area contributed by atoms with E-state index in [9.17, 15) is 13.2 Å². The maximum absolute atomic E-state index is 13.4. The molecule has 3 aromatic rings. The molecule has 1 aliphatic heterocycles. The number of hydrogen-bond donors (Lipinski definition) is 0. The molecule has 1 fully saturated rings. The average Bonchev–Trinajstić information content (AvgIpc) is 3.44. The van der Waals surface area contributed by atoms with Crippen molar-refractivity contribution in [1.82, 2.24) is 10.1 Å². The zero-order chi connectivity index (χ0) is 22.7. The van der Waals surface area contributed by atoms with Gasteiger partial charge in [-0.1, -0.05) is 17.3 Å². The summed E-state index contributed by atoms with van der Waals surface area (Å²) in [6.45, 7) is 0.258. The van der Waals surface area contributed by atoms with Gasteiger partial charge in [0.05, 0.1) is 25.7 Å². The molecule has 2 aromatic carbocycles. The van der Waals surface area contributed by atoms with Crippen molar-refractivity contribution in [2.24, 2.45) is 0 Å². The van der Waals surface area contributed by atoms with E-state index in [0.29, 0.717) is 23.7 Å². The van der Waals surface area contributed by atoms with Crippen molar-refractivity contribution < 1.29 is 27.2 Å². The summed E-state index contributed by atoms with van der Waals surface area (Å²) in [7, 11) is -0.00643. The molecule has 1 saturated heterocycles. The van der Waals surface area contributed by atoms with Gasteiger partial charge >= 0.3 is 0 Å². The van der Waals surface area contributed by atoms with Crippen molar-refractivity contribution in [3.05, 3.63) is 65.9 Å². The topological polar surface area (TPSA) is 98.9 Å². The second kappa shape index (κ2) is 9.04. The van der Waals surface area contributed by atoms with Crippen molar-refractivity contribution >= 4 is 15.7 Å². The molecule has 0 bridgehead atoms. The Kier molecular flexibility index (Phi) is 6.18. The fraction of sp³-hybridized carbons (Fsp3) is 0.304. The van der Waals surface area contributed by atoms with E-state index in [1.807, 2.05) is 24.3 Å². The SMILES string of the molecule is COc1ccc(CN(C(=O)c2cc(-c3ccc(OC)cc3)on2)[C@H]2CCS(=O)(=O)C2)cc1. The fourth-order valence-electron chi connectivity index (χ4n) is 3.73. The summed E-state index contributed by atoms with van der Waals surface area (Å²) in [4.78, 5) is 15.0. The summed E-state index contributed by atoms with van der Waals surface area (Å²) in [5, 5.41) is 3.97. The Morgan fingerprint density at radius 3 is 2.25 bits per heavy atom. The van der Waals surface area contributed by atoms with Crippen LogP contribution >= 0.6 is 0 Å². The quantitative estimate of drug-likeness (QED) is 0.538. The van der Waals surface area contributed by atoms with E-state index >= 15 is 0 Å². The van der Waals surface area contributed by atoms with Gasteiger partial charge in [0.2, 0.25) is 0 Å². The third-order valence-corrected chi connectivity index (χ3v) is 7.28. The van der Waals surface area contributed by atoms with E-state index in [1.54, 1.807) is 49.5 Å². The summed E-state index contributed by atoms with van der Waals surface area (Å²) < 4.78 is 39.9. The molecule has 0 spiro atoms. The van der Waals surface area contributed by atoms with E-state index < -0.39 is 15.9 Å². The van der Waals surface area contributed by atoms with Gasteiger partial charge in [-0.3, -0.25) is 4.79 Å². The molecule has 0 saturated carbocycles. The van der Waals surface area contributed by atoms with Crippen LogP contribution in [0.3, 0.4) is 0 Å². The number of carbonyl (C=O) groups excluding carboxylic acids is 1. The van der Waals surface area contributed by atoms with E-state index in [0.717, 1.165) is 11.1 Å². The molecular weight excluding hydrogens is 432 g/mol. The first-order chi connectivity index (χ1) is 15.4. The Labute approximate surface area is 186 Å². The van der Waals surface area contributed by atoms with Crippen molar-refractivity contribution in [2.75, 3.05) is 25.7 Å². The lowest BCUT2D eigenvalue weighted by Gasteiger charge is -2.27. The minimum atomic E-state index is -3.17. The largest absolute Gasteiger partial charge is 0.497 e. The molecule has 0 aliphatic carbocycles. The molecule has 8 nitrogen and oxygen atoms in total. The molecular formula is C23H24N2O6S. The molecule has 9 heteroatoms. The first-order valence-electron chi connectivity index (χ1n) is 10.1. The number of amides is 1. The van der Waals surface area contributed by atoms with Crippen molar-refractivity contribution in [3.8, 4) is 22.8 Å². The Bertz CT molecular complexity index is 1190. The van der Waals surface area contributed by atoms with Crippen LogP contribution in [0.25, 0.3) is 11.3 Å². The van der Waals surface area contributed by atoms with Crippen molar-refractivity contribution in [2.45, 2.75) is 19.0 Å². The summed E-state index contributed by atoms with van der Waals surface area (Å²) in [6, 6.07) is 15.7. The molecule has 0 N–H and O–H groups in total. The van der Waals surface area contributed by atoms with Gasteiger partial charge in [-0.25, -0.2) is 8.42 Å². The second-order valence-corrected chi connectivity index (χ2v) is 9.87.